The predicted octanol–water partition coefficient (Wildman–Crippen LogP) is 2.84. The maximum Gasteiger partial charge on any atom is 0.139 e. The lowest BCUT2D eigenvalue weighted by Crippen LogP contribution is -2.10. The molecule has 0 spiro atoms. The number of hydrogen-bond donors (Lipinski definition) is 0. The molecule has 1 rings (SSSR count). The van der Waals surface area contributed by atoms with Crippen molar-refractivity contribution in [2.24, 2.45) is 0 Å². The van der Waals surface area contributed by atoms with Gasteiger partial charge in [-0.2, -0.15) is 16.9 Å². The van der Waals surface area contributed by atoms with Gasteiger partial charge in [0.25, 0.3) is 0 Å². The second-order valence-electron chi connectivity index (χ2n) is 3.62. The SMILES string of the molecule is CCn1nc(C)c(Br)c1CC(=O)CCSC. The summed E-state index contributed by atoms with van der Waals surface area (Å²) in [6.07, 6.45) is 3.14. The van der Waals surface area contributed by atoms with Crippen molar-refractivity contribution >= 4 is 33.5 Å². The van der Waals surface area contributed by atoms with Gasteiger partial charge in [-0.1, -0.05) is 0 Å². The summed E-state index contributed by atoms with van der Waals surface area (Å²) < 4.78 is 2.88. The lowest BCUT2D eigenvalue weighted by atomic mass is 10.2. The van der Waals surface area contributed by atoms with Gasteiger partial charge >= 0.3 is 0 Å². The molecule has 0 fully saturated rings. The molecule has 0 saturated heterocycles. The highest BCUT2D eigenvalue weighted by molar-refractivity contribution is 9.10. The van der Waals surface area contributed by atoms with Crippen molar-refractivity contribution in [2.45, 2.75) is 33.2 Å². The van der Waals surface area contributed by atoms with Gasteiger partial charge in [-0.3, -0.25) is 9.48 Å². The summed E-state index contributed by atoms with van der Waals surface area (Å²) >= 11 is 5.20. The molecule has 0 bridgehead atoms. The largest absolute Gasteiger partial charge is 0.299 e. The molecule has 0 aliphatic carbocycles. The van der Waals surface area contributed by atoms with Crippen molar-refractivity contribution in [1.29, 1.82) is 0 Å². The zero-order valence-electron chi connectivity index (χ0n) is 9.92. The highest BCUT2D eigenvalue weighted by atomic mass is 79.9. The fraction of sp³-hybridized carbons (Fsp3) is 0.636. The van der Waals surface area contributed by atoms with E-state index in [1.54, 1.807) is 11.8 Å². The van der Waals surface area contributed by atoms with E-state index in [4.69, 9.17) is 0 Å². The van der Waals surface area contributed by atoms with Gasteiger partial charge in [0.05, 0.1) is 15.9 Å². The van der Waals surface area contributed by atoms with Crippen molar-refractivity contribution < 1.29 is 4.79 Å². The molecule has 0 aromatic carbocycles. The number of nitrogens with zero attached hydrogens (tertiary/aromatic N) is 2. The van der Waals surface area contributed by atoms with Crippen LogP contribution in [-0.4, -0.2) is 27.6 Å². The number of Topliss-reactive ketones (excluding diaryl/α,β-unsaturated/α-hetero) is 1. The van der Waals surface area contributed by atoms with E-state index in [9.17, 15) is 4.79 Å². The molecular formula is C11H17BrN2OS. The van der Waals surface area contributed by atoms with E-state index >= 15 is 0 Å². The molecule has 0 unspecified atom stereocenters. The predicted molar refractivity (Wildman–Crippen MR) is 72.0 cm³/mol. The summed E-state index contributed by atoms with van der Waals surface area (Å²) in [4.78, 5) is 11.7. The Hall–Kier alpha value is -0.290. The van der Waals surface area contributed by atoms with E-state index in [0.29, 0.717) is 12.8 Å². The van der Waals surface area contributed by atoms with Crippen LogP contribution in [0.4, 0.5) is 0 Å². The molecule has 1 aromatic heterocycles. The van der Waals surface area contributed by atoms with Crippen LogP contribution in [-0.2, 0) is 17.8 Å². The van der Waals surface area contributed by atoms with Crippen LogP contribution in [0.15, 0.2) is 4.47 Å². The van der Waals surface area contributed by atoms with Crippen LogP contribution in [0, 0.1) is 6.92 Å². The summed E-state index contributed by atoms with van der Waals surface area (Å²) in [6, 6.07) is 0. The Balaban J connectivity index is 2.75. The Kier molecular flexibility index (Phi) is 5.55. The Morgan fingerprint density at radius 3 is 2.81 bits per heavy atom. The first-order valence-corrected chi connectivity index (χ1v) is 7.51. The summed E-state index contributed by atoms with van der Waals surface area (Å²) in [5.74, 6) is 1.18. The number of aromatic nitrogens is 2. The minimum atomic E-state index is 0.282. The molecule has 1 aromatic rings. The zero-order chi connectivity index (χ0) is 12.1. The van der Waals surface area contributed by atoms with Crippen molar-refractivity contribution in [1.82, 2.24) is 9.78 Å². The third-order valence-electron chi connectivity index (χ3n) is 2.40. The summed E-state index contributed by atoms with van der Waals surface area (Å²) in [5.41, 5.74) is 1.96. The molecule has 0 N–H and O–H groups in total. The first-order chi connectivity index (χ1) is 7.60. The van der Waals surface area contributed by atoms with Crippen LogP contribution in [0.3, 0.4) is 0 Å². The normalized spacial score (nSPS) is 10.8. The average Bonchev–Trinajstić information content (AvgIpc) is 2.54. The van der Waals surface area contributed by atoms with Crippen molar-refractivity contribution in [3.05, 3.63) is 15.9 Å². The van der Waals surface area contributed by atoms with E-state index < -0.39 is 0 Å². The van der Waals surface area contributed by atoms with E-state index in [-0.39, 0.29) is 5.78 Å². The molecular weight excluding hydrogens is 288 g/mol. The van der Waals surface area contributed by atoms with Crippen LogP contribution in [0.25, 0.3) is 0 Å². The first-order valence-electron chi connectivity index (χ1n) is 5.32. The molecule has 1 heterocycles. The summed E-state index contributed by atoms with van der Waals surface area (Å²) in [6.45, 7) is 4.79. The van der Waals surface area contributed by atoms with Crippen molar-refractivity contribution in [3.63, 3.8) is 0 Å². The molecule has 5 heteroatoms. The topological polar surface area (TPSA) is 34.9 Å². The van der Waals surface area contributed by atoms with Crippen molar-refractivity contribution in [3.8, 4) is 0 Å². The zero-order valence-corrected chi connectivity index (χ0v) is 12.3. The van der Waals surface area contributed by atoms with Gasteiger partial charge in [-0.15, -0.1) is 0 Å². The molecule has 0 atom stereocenters. The number of thioether (sulfide) groups is 1. The third kappa shape index (κ3) is 3.35. The van der Waals surface area contributed by atoms with Crippen LogP contribution in [0.5, 0.6) is 0 Å². The van der Waals surface area contributed by atoms with Gasteiger partial charge in [0.2, 0.25) is 0 Å². The van der Waals surface area contributed by atoms with Crippen molar-refractivity contribution in [2.75, 3.05) is 12.0 Å². The number of carbonyl (C=O) groups excluding carboxylic acids is 1. The summed E-state index contributed by atoms with van der Waals surface area (Å²) in [5, 5.41) is 4.37. The van der Waals surface area contributed by atoms with E-state index in [1.807, 2.05) is 24.8 Å². The molecule has 3 nitrogen and oxygen atoms in total. The molecule has 0 amide bonds. The Labute approximate surface area is 109 Å². The lowest BCUT2D eigenvalue weighted by Gasteiger charge is -2.04. The molecule has 16 heavy (non-hydrogen) atoms. The maximum atomic E-state index is 11.7. The standard InChI is InChI=1S/C11H17BrN2OS/c1-4-14-10(11(12)8(2)13-14)7-9(15)5-6-16-3/h4-7H2,1-3H3. The third-order valence-corrected chi connectivity index (χ3v) is 4.05. The van der Waals surface area contributed by atoms with Crippen LogP contribution >= 0.6 is 27.7 Å². The number of hydrogen-bond acceptors (Lipinski definition) is 3. The van der Waals surface area contributed by atoms with Gasteiger partial charge in [0, 0.05) is 19.4 Å². The fourth-order valence-electron chi connectivity index (χ4n) is 1.53. The van der Waals surface area contributed by atoms with Gasteiger partial charge in [0.15, 0.2) is 0 Å². The molecule has 0 aliphatic rings. The number of carbonyl (C=O) groups is 1. The van der Waals surface area contributed by atoms with Crippen LogP contribution in [0.2, 0.25) is 0 Å². The highest BCUT2D eigenvalue weighted by Gasteiger charge is 2.15. The smallest absolute Gasteiger partial charge is 0.139 e. The molecule has 0 radical (unpaired) electrons. The molecule has 0 saturated carbocycles. The van der Waals surface area contributed by atoms with Gasteiger partial charge in [-0.05, 0) is 41.8 Å². The second kappa shape index (κ2) is 6.45. The van der Waals surface area contributed by atoms with Gasteiger partial charge < -0.3 is 0 Å². The highest BCUT2D eigenvalue weighted by Crippen LogP contribution is 2.22. The Morgan fingerprint density at radius 1 is 1.56 bits per heavy atom. The Morgan fingerprint density at radius 2 is 2.25 bits per heavy atom. The minimum Gasteiger partial charge on any atom is -0.299 e. The number of halogens is 1. The van der Waals surface area contributed by atoms with E-state index in [1.165, 1.54) is 0 Å². The first kappa shape index (κ1) is 13.8. The monoisotopic (exact) mass is 304 g/mol. The van der Waals surface area contributed by atoms with E-state index in [2.05, 4.69) is 21.0 Å². The summed E-state index contributed by atoms with van der Waals surface area (Å²) in [7, 11) is 0. The van der Waals surface area contributed by atoms with Crippen LogP contribution < -0.4 is 0 Å². The average molecular weight is 305 g/mol. The number of rotatable bonds is 6. The molecule has 0 aliphatic heterocycles. The Bertz CT molecular complexity index is 376. The van der Waals surface area contributed by atoms with Gasteiger partial charge in [-0.25, -0.2) is 0 Å². The minimum absolute atomic E-state index is 0.282. The second-order valence-corrected chi connectivity index (χ2v) is 5.40. The maximum absolute atomic E-state index is 11.7. The fourth-order valence-corrected chi connectivity index (χ4v) is 2.38. The van der Waals surface area contributed by atoms with Crippen LogP contribution in [0.1, 0.15) is 24.7 Å². The molecule has 90 valence electrons. The van der Waals surface area contributed by atoms with E-state index in [0.717, 1.165) is 28.2 Å². The number of ketones is 1. The lowest BCUT2D eigenvalue weighted by molar-refractivity contribution is -0.118. The number of aryl methyl sites for hydroxylation is 2. The quantitative estimate of drug-likeness (QED) is 0.810. The van der Waals surface area contributed by atoms with Gasteiger partial charge in [0.1, 0.15) is 5.78 Å².